The van der Waals surface area contributed by atoms with E-state index in [9.17, 15) is 4.79 Å². The van der Waals surface area contributed by atoms with Gasteiger partial charge in [-0.05, 0) is 18.6 Å². The molecule has 0 amide bonds. The van der Waals surface area contributed by atoms with Crippen molar-refractivity contribution < 1.29 is 9.90 Å². The van der Waals surface area contributed by atoms with Crippen LogP contribution in [-0.2, 0) is 4.79 Å². The summed E-state index contributed by atoms with van der Waals surface area (Å²) < 4.78 is 0. The molecule has 0 aromatic heterocycles. The van der Waals surface area contributed by atoms with E-state index in [4.69, 9.17) is 5.11 Å². The summed E-state index contributed by atoms with van der Waals surface area (Å²) in [6.45, 7) is 4.27. The first-order valence-electron chi connectivity index (χ1n) is 4.50. The van der Waals surface area contributed by atoms with Crippen molar-refractivity contribution in [1.29, 1.82) is 0 Å². The summed E-state index contributed by atoms with van der Waals surface area (Å²) >= 11 is 1.88. The molecule has 1 N–H and O–H groups in total. The number of aliphatic carboxylic acids is 1. The maximum atomic E-state index is 10.2. The second-order valence-corrected chi connectivity index (χ2v) is 4.51. The third-order valence-electron chi connectivity index (χ3n) is 1.66. The van der Waals surface area contributed by atoms with Gasteiger partial charge < -0.3 is 5.11 Å². The summed E-state index contributed by atoms with van der Waals surface area (Å²) in [4.78, 5) is 10.2. The van der Waals surface area contributed by atoms with E-state index < -0.39 is 5.97 Å². The zero-order valence-electron chi connectivity index (χ0n) is 7.88. The van der Waals surface area contributed by atoms with Gasteiger partial charge >= 0.3 is 5.97 Å². The lowest BCUT2D eigenvalue weighted by Crippen LogP contribution is -2.02. The van der Waals surface area contributed by atoms with Gasteiger partial charge in [0.25, 0.3) is 0 Å². The first kappa shape index (κ1) is 11.8. The minimum absolute atomic E-state index is 0.306. The van der Waals surface area contributed by atoms with Gasteiger partial charge in [-0.3, -0.25) is 4.79 Å². The number of carboxylic acid groups (broad SMARTS) is 1. The lowest BCUT2D eigenvalue weighted by Gasteiger charge is -2.08. The van der Waals surface area contributed by atoms with Gasteiger partial charge in [0.05, 0.1) is 0 Å². The molecule has 0 aliphatic carbocycles. The normalized spacial score (nSPS) is 12.8. The van der Waals surface area contributed by atoms with E-state index in [0.29, 0.717) is 11.7 Å². The van der Waals surface area contributed by atoms with Crippen LogP contribution in [0.4, 0.5) is 0 Å². The Morgan fingerprint density at radius 3 is 2.75 bits per heavy atom. The smallest absolute Gasteiger partial charge is 0.303 e. The monoisotopic (exact) mass is 190 g/mol. The number of carbonyl (C=O) groups is 1. The predicted molar refractivity (Wildman–Crippen MR) is 53.7 cm³/mol. The second kappa shape index (κ2) is 7.47. The molecule has 72 valence electrons. The Morgan fingerprint density at radius 1 is 1.58 bits per heavy atom. The van der Waals surface area contributed by atoms with Crippen molar-refractivity contribution in [2.45, 2.75) is 44.8 Å². The van der Waals surface area contributed by atoms with Gasteiger partial charge in [0.1, 0.15) is 0 Å². The van der Waals surface area contributed by atoms with Crippen LogP contribution in [0.15, 0.2) is 0 Å². The molecule has 0 aromatic rings. The van der Waals surface area contributed by atoms with Gasteiger partial charge in [-0.2, -0.15) is 11.8 Å². The maximum absolute atomic E-state index is 10.2. The van der Waals surface area contributed by atoms with Crippen LogP contribution in [0.2, 0.25) is 0 Å². The van der Waals surface area contributed by atoms with Crippen molar-refractivity contribution in [2.75, 3.05) is 5.75 Å². The fourth-order valence-corrected chi connectivity index (χ4v) is 1.98. The Hall–Kier alpha value is -0.180. The molecule has 0 saturated heterocycles. The van der Waals surface area contributed by atoms with Crippen molar-refractivity contribution in [2.24, 2.45) is 0 Å². The molecule has 0 fully saturated rings. The average molecular weight is 190 g/mol. The van der Waals surface area contributed by atoms with Crippen LogP contribution in [-0.4, -0.2) is 22.1 Å². The summed E-state index contributed by atoms with van der Waals surface area (Å²) in [6, 6.07) is 0. The standard InChI is InChI=1S/C9H18O2S/c1-3-4-7-12-8(2)5-6-9(10)11/h8H,3-7H2,1-2H3,(H,10,11). The number of unbranched alkanes of at least 4 members (excludes halogenated alkanes) is 1. The van der Waals surface area contributed by atoms with Crippen LogP contribution in [0.25, 0.3) is 0 Å². The highest BCUT2D eigenvalue weighted by Gasteiger charge is 2.04. The Balaban J connectivity index is 3.21. The van der Waals surface area contributed by atoms with Crippen LogP contribution >= 0.6 is 11.8 Å². The number of hydrogen-bond acceptors (Lipinski definition) is 2. The lowest BCUT2D eigenvalue weighted by atomic mass is 10.2. The molecule has 0 heterocycles. The zero-order valence-corrected chi connectivity index (χ0v) is 8.69. The van der Waals surface area contributed by atoms with Crippen LogP contribution in [0.5, 0.6) is 0 Å². The minimum atomic E-state index is -0.682. The third kappa shape index (κ3) is 7.92. The lowest BCUT2D eigenvalue weighted by molar-refractivity contribution is -0.137. The van der Waals surface area contributed by atoms with E-state index in [0.717, 1.165) is 12.2 Å². The zero-order chi connectivity index (χ0) is 9.40. The molecule has 0 saturated carbocycles. The minimum Gasteiger partial charge on any atom is -0.481 e. The highest BCUT2D eigenvalue weighted by molar-refractivity contribution is 7.99. The van der Waals surface area contributed by atoms with Crippen molar-refractivity contribution in [3.05, 3.63) is 0 Å². The van der Waals surface area contributed by atoms with E-state index in [2.05, 4.69) is 13.8 Å². The van der Waals surface area contributed by atoms with Crippen molar-refractivity contribution in [1.82, 2.24) is 0 Å². The largest absolute Gasteiger partial charge is 0.481 e. The summed E-state index contributed by atoms with van der Waals surface area (Å²) in [5.41, 5.74) is 0. The fraction of sp³-hybridized carbons (Fsp3) is 0.889. The quantitative estimate of drug-likeness (QED) is 0.627. The molecular formula is C9H18O2S. The molecular weight excluding hydrogens is 172 g/mol. The van der Waals surface area contributed by atoms with Crippen LogP contribution in [0.3, 0.4) is 0 Å². The molecule has 1 unspecified atom stereocenters. The molecule has 3 heteroatoms. The highest BCUT2D eigenvalue weighted by atomic mass is 32.2. The Bertz CT molecular complexity index is 126. The third-order valence-corrected chi connectivity index (χ3v) is 2.99. The highest BCUT2D eigenvalue weighted by Crippen LogP contribution is 2.16. The summed E-state index contributed by atoms with van der Waals surface area (Å²) in [6.07, 6.45) is 3.56. The molecule has 2 nitrogen and oxygen atoms in total. The molecule has 0 spiro atoms. The van der Waals surface area contributed by atoms with E-state index >= 15 is 0 Å². The SMILES string of the molecule is CCCCSC(C)CCC(=O)O. The number of thioether (sulfide) groups is 1. The fourth-order valence-electron chi connectivity index (χ4n) is 0.839. The van der Waals surface area contributed by atoms with Crippen molar-refractivity contribution in [3.8, 4) is 0 Å². The Kier molecular flexibility index (Phi) is 7.36. The van der Waals surface area contributed by atoms with Gasteiger partial charge in [-0.1, -0.05) is 20.3 Å². The Morgan fingerprint density at radius 2 is 2.25 bits per heavy atom. The summed E-state index contributed by atoms with van der Waals surface area (Å²) in [5, 5.41) is 8.92. The Labute approximate surface area is 78.7 Å². The number of hydrogen-bond donors (Lipinski definition) is 1. The van der Waals surface area contributed by atoms with Crippen molar-refractivity contribution in [3.63, 3.8) is 0 Å². The molecule has 0 bridgehead atoms. The van der Waals surface area contributed by atoms with Crippen LogP contribution in [0.1, 0.15) is 39.5 Å². The molecule has 12 heavy (non-hydrogen) atoms. The summed E-state index contributed by atoms with van der Waals surface area (Å²) in [7, 11) is 0. The van der Waals surface area contributed by atoms with Crippen LogP contribution in [0, 0.1) is 0 Å². The molecule has 0 rings (SSSR count). The first-order chi connectivity index (χ1) is 5.66. The maximum Gasteiger partial charge on any atom is 0.303 e. The van der Waals surface area contributed by atoms with Gasteiger partial charge in [0.2, 0.25) is 0 Å². The van der Waals surface area contributed by atoms with E-state index in [1.165, 1.54) is 12.8 Å². The molecule has 0 radical (unpaired) electrons. The number of rotatable bonds is 7. The van der Waals surface area contributed by atoms with Crippen molar-refractivity contribution >= 4 is 17.7 Å². The van der Waals surface area contributed by atoms with Gasteiger partial charge in [-0.15, -0.1) is 0 Å². The van der Waals surface area contributed by atoms with Gasteiger partial charge in [-0.25, -0.2) is 0 Å². The second-order valence-electron chi connectivity index (χ2n) is 2.97. The van der Waals surface area contributed by atoms with Crippen LogP contribution < -0.4 is 0 Å². The number of carboxylic acids is 1. The average Bonchev–Trinajstić information content (AvgIpc) is 2.01. The predicted octanol–water partition coefficient (Wildman–Crippen LogP) is 2.77. The molecule has 1 atom stereocenters. The van der Waals surface area contributed by atoms with Gasteiger partial charge in [0.15, 0.2) is 0 Å². The van der Waals surface area contributed by atoms with E-state index in [1.807, 2.05) is 11.8 Å². The van der Waals surface area contributed by atoms with E-state index in [-0.39, 0.29) is 0 Å². The molecule has 0 aliphatic rings. The first-order valence-corrected chi connectivity index (χ1v) is 5.55. The van der Waals surface area contributed by atoms with Gasteiger partial charge in [0, 0.05) is 11.7 Å². The molecule has 0 aromatic carbocycles. The topological polar surface area (TPSA) is 37.3 Å². The summed E-state index contributed by atoms with van der Waals surface area (Å²) in [5.74, 6) is 0.482. The molecule has 0 aliphatic heterocycles. The van der Waals surface area contributed by atoms with E-state index in [1.54, 1.807) is 0 Å².